The highest BCUT2D eigenvalue weighted by atomic mass is 35.5. The average Bonchev–Trinajstić information content (AvgIpc) is 3.29. The number of piperazine rings is 1. The number of nitrogens with zero attached hydrogens (tertiary/aromatic N) is 3. The minimum atomic E-state index is -0.480. The molecule has 1 amide bonds. The molecule has 3 aromatic rings. The van der Waals surface area contributed by atoms with E-state index in [2.05, 4.69) is 4.90 Å². The average molecular weight is 474 g/mol. The molecule has 1 fully saturated rings. The van der Waals surface area contributed by atoms with Gasteiger partial charge in [0.25, 0.3) is 11.6 Å². The molecule has 0 aliphatic carbocycles. The largest absolute Gasteiger partial charge is 0.486 e. The molecule has 1 aromatic heterocycles. The Morgan fingerprint density at radius 3 is 2.48 bits per heavy atom. The van der Waals surface area contributed by atoms with E-state index >= 15 is 0 Å². The molecule has 172 valence electrons. The lowest BCUT2D eigenvalue weighted by atomic mass is 10.2. The summed E-state index contributed by atoms with van der Waals surface area (Å²) in [5.74, 6) is 0.599. The second kappa shape index (κ2) is 10.0. The van der Waals surface area contributed by atoms with Crippen molar-refractivity contribution in [1.82, 2.24) is 9.80 Å². The summed E-state index contributed by atoms with van der Waals surface area (Å²) in [6, 6.07) is 13.4. The number of amides is 1. The first-order chi connectivity index (χ1) is 15.9. The van der Waals surface area contributed by atoms with E-state index in [0.29, 0.717) is 49.3 Å². The van der Waals surface area contributed by atoms with Crippen LogP contribution in [0.1, 0.15) is 21.9 Å². The van der Waals surface area contributed by atoms with Crippen LogP contribution in [0.15, 0.2) is 59.0 Å². The summed E-state index contributed by atoms with van der Waals surface area (Å²) in [6.45, 7) is 3.08. The summed E-state index contributed by atoms with van der Waals surface area (Å²) < 4.78 is 24.4. The van der Waals surface area contributed by atoms with Gasteiger partial charge < -0.3 is 14.1 Å². The molecule has 0 unspecified atom stereocenters. The maximum absolute atomic E-state index is 13.2. The van der Waals surface area contributed by atoms with E-state index in [4.69, 9.17) is 20.8 Å². The number of benzene rings is 2. The second-order valence-corrected chi connectivity index (χ2v) is 8.02. The highest BCUT2D eigenvalue weighted by molar-refractivity contribution is 6.31. The zero-order valence-corrected chi connectivity index (χ0v) is 18.3. The summed E-state index contributed by atoms with van der Waals surface area (Å²) in [5.41, 5.74) is 0.829. The van der Waals surface area contributed by atoms with Gasteiger partial charge in [-0.05, 0) is 42.0 Å². The molecule has 0 atom stereocenters. The standard InChI is InChI=1S/C23H21ClFN3O5/c24-21-13-17(25)2-1-16(21)14-26-9-11-27(12-10-26)23(29)22-8-7-20(33-22)15-32-19-5-3-18(4-6-19)28(30)31/h1-8,13H,9-12,14-15H2. The second-order valence-electron chi connectivity index (χ2n) is 7.61. The Kier molecular flexibility index (Phi) is 6.90. The number of non-ortho nitro benzene ring substituents is 1. The Bertz CT molecular complexity index is 1140. The number of hydrogen-bond donors (Lipinski definition) is 0. The number of halogens is 2. The lowest BCUT2D eigenvalue weighted by Crippen LogP contribution is -2.48. The van der Waals surface area contributed by atoms with Gasteiger partial charge in [0.1, 0.15) is 23.9 Å². The van der Waals surface area contributed by atoms with Crippen LogP contribution in [0.3, 0.4) is 0 Å². The van der Waals surface area contributed by atoms with Gasteiger partial charge in [-0.3, -0.25) is 19.8 Å². The smallest absolute Gasteiger partial charge is 0.289 e. The first-order valence-electron chi connectivity index (χ1n) is 10.3. The van der Waals surface area contributed by atoms with Gasteiger partial charge >= 0.3 is 0 Å². The van der Waals surface area contributed by atoms with Gasteiger partial charge in [-0.15, -0.1) is 0 Å². The molecule has 0 radical (unpaired) electrons. The highest BCUT2D eigenvalue weighted by Gasteiger charge is 2.24. The number of ether oxygens (including phenoxy) is 1. The first kappa shape index (κ1) is 22.8. The summed E-state index contributed by atoms with van der Waals surface area (Å²) in [6.07, 6.45) is 0. The molecule has 10 heteroatoms. The van der Waals surface area contributed by atoms with Gasteiger partial charge in [0.15, 0.2) is 5.76 Å². The SMILES string of the molecule is O=C(c1ccc(COc2ccc([N+](=O)[O-])cc2)o1)N1CCN(Cc2ccc(F)cc2Cl)CC1. The van der Waals surface area contributed by atoms with Crippen molar-refractivity contribution in [3.05, 3.63) is 92.6 Å². The third kappa shape index (κ3) is 5.68. The van der Waals surface area contributed by atoms with Crippen molar-refractivity contribution < 1.29 is 23.3 Å². The molecule has 0 spiro atoms. The Hall–Kier alpha value is -3.43. The lowest BCUT2D eigenvalue weighted by Gasteiger charge is -2.34. The van der Waals surface area contributed by atoms with Crippen molar-refractivity contribution >= 4 is 23.2 Å². The van der Waals surface area contributed by atoms with Crippen molar-refractivity contribution in [1.29, 1.82) is 0 Å². The van der Waals surface area contributed by atoms with Crippen LogP contribution in [0.5, 0.6) is 5.75 Å². The third-order valence-electron chi connectivity index (χ3n) is 5.37. The molecule has 8 nitrogen and oxygen atoms in total. The predicted octanol–water partition coefficient (Wildman–Crippen LogP) is 4.52. The zero-order chi connectivity index (χ0) is 23.4. The predicted molar refractivity (Wildman–Crippen MR) is 119 cm³/mol. The number of nitro groups is 1. The Balaban J connectivity index is 1.27. The Labute approximate surface area is 194 Å². The van der Waals surface area contributed by atoms with Crippen molar-refractivity contribution in [3.8, 4) is 5.75 Å². The Morgan fingerprint density at radius 2 is 1.82 bits per heavy atom. The summed E-state index contributed by atoms with van der Waals surface area (Å²) in [5, 5.41) is 11.1. The molecule has 0 N–H and O–H groups in total. The van der Waals surface area contributed by atoms with Crippen LogP contribution < -0.4 is 4.74 Å². The number of carbonyl (C=O) groups excluding carboxylic acids is 1. The van der Waals surface area contributed by atoms with Gasteiger partial charge in [0.05, 0.1) is 4.92 Å². The molecule has 1 saturated heterocycles. The highest BCUT2D eigenvalue weighted by Crippen LogP contribution is 2.21. The van der Waals surface area contributed by atoms with Crippen molar-refractivity contribution in [2.75, 3.05) is 26.2 Å². The van der Waals surface area contributed by atoms with Crippen LogP contribution in [0.4, 0.5) is 10.1 Å². The van der Waals surface area contributed by atoms with E-state index in [1.807, 2.05) is 0 Å². The van der Waals surface area contributed by atoms with Gasteiger partial charge in [0.2, 0.25) is 0 Å². The van der Waals surface area contributed by atoms with Crippen molar-refractivity contribution in [2.45, 2.75) is 13.2 Å². The monoisotopic (exact) mass is 473 g/mol. The van der Waals surface area contributed by atoms with E-state index in [0.717, 1.165) is 5.56 Å². The molecule has 0 saturated carbocycles. The van der Waals surface area contributed by atoms with Gasteiger partial charge in [-0.2, -0.15) is 0 Å². The van der Waals surface area contributed by atoms with E-state index in [9.17, 15) is 19.3 Å². The van der Waals surface area contributed by atoms with Crippen LogP contribution >= 0.6 is 11.6 Å². The van der Waals surface area contributed by atoms with E-state index < -0.39 is 4.92 Å². The maximum atomic E-state index is 13.2. The van der Waals surface area contributed by atoms with Crippen molar-refractivity contribution in [3.63, 3.8) is 0 Å². The number of carbonyl (C=O) groups is 1. The topological polar surface area (TPSA) is 89.1 Å². The van der Waals surface area contributed by atoms with Gasteiger partial charge in [-0.1, -0.05) is 17.7 Å². The molecule has 1 aliphatic heterocycles. The molecular weight excluding hydrogens is 453 g/mol. The Morgan fingerprint density at radius 1 is 1.09 bits per heavy atom. The molecular formula is C23H21ClFN3O5. The quantitative estimate of drug-likeness (QED) is 0.370. The normalized spacial score (nSPS) is 14.3. The number of furan rings is 1. The summed E-state index contributed by atoms with van der Waals surface area (Å²) in [4.78, 5) is 26.9. The van der Waals surface area contributed by atoms with Crippen molar-refractivity contribution in [2.24, 2.45) is 0 Å². The lowest BCUT2D eigenvalue weighted by molar-refractivity contribution is -0.384. The molecule has 4 rings (SSSR count). The van der Waals surface area contributed by atoms with Gasteiger partial charge in [0, 0.05) is 49.9 Å². The fourth-order valence-corrected chi connectivity index (χ4v) is 3.77. The van der Waals surface area contributed by atoms with Crippen LogP contribution in [-0.4, -0.2) is 46.8 Å². The minimum absolute atomic E-state index is 0.0194. The maximum Gasteiger partial charge on any atom is 0.289 e. The van der Waals surface area contributed by atoms with Crippen LogP contribution in [0.2, 0.25) is 5.02 Å². The molecule has 1 aliphatic rings. The van der Waals surface area contributed by atoms with Crippen LogP contribution in [-0.2, 0) is 13.2 Å². The fourth-order valence-electron chi connectivity index (χ4n) is 3.54. The molecule has 33 heavy (non-hydrogen) atoms. The number of nitro benzene ring substituents is 1. The number of hydrogen-bond acceptors (Lipinski definition) is 6. The van der Waals surface area contributed by atoms with E-state index in [-0.39, 0.29) is 29.8 Å². The third-order valence-corrected chi connectivity index (χ3v) is 5.72. The first-order valence-corrected chi connectivity index (χ1v) is 10.7. The fraction of sp³-hybridized carbons (Fsp3) is 0.261. The van der Waals surface area contributed by atoms with Gasteiger partial charge in [-0.25, -0.2) is 4.39 Å². The van der Waals surface area contributed by atoms with E-state index in [1.165, 1.54) is 36.4 Å². The molecule has 2 heterocycles. The zero-order valence-electron chi connectivity index (χ0n) is 17.6. The summed E-state index contributed by atoms with van der Waals surface area (Å²) >= 11 is 6.11. The van der Waals surface area contributed by atoms with Crippen LogP contribution in [0.25, 0.3) is 0 Å². The van der Waals surface area contributed by atoms with E-state index in [1.54, 1.807) is 23.1 Å². The minimum Gasteiger partial charge on any atom is -0.486 e. The number of rotatable bonds is 7. The molecule has 0 bridgehead atoms. The van der Waals surface area contributed by atoms with Crippen LogP contribution in [0, 0.1) is 15.9 Å². The summed E-state index contributed by atoms with van der Waals surface area (Å²) in [7, 11) is 0. The molecule has 2 aromatic carbocycles.